The highest BCUT2D eigenvalue weighted by Gasteiger charge is 2.25. The van der Waals surface area contributed by atoms with E-state index in [-0.39, 0.29) is 18.1 Å². The first-order valence-electron chi connectivity index (χ1n) is 6.77. The zero-order valence-electron chi connectivity index (χ0n) is 11.6. The second-order valence-electron chi connectivity index (χ2n) is 5.36. The molecule has 5 heteroatoms. The third kappa shape index (κ3) is 3.35. The van der Waals surface area contributed by atoms with E-state index >= 15 is 0 Å². The van der Waals surface area contributed by atoms with Crippen LogP contribution in [-0.4, -0.2) is 41.1 Å². The standard InChI is InChI=1S/C14H22N2O2S/c1-3-14(2,10-17)15-8-13(18)16-6-4-12-11(9-16)5-7-19-12/h5,7,15,17H,3-4,6,8-10H2,1-2H3. The van der Waals surface area contributed by atoms with Gasteiger partial charge in [-0.05, 0) is 36.8 Å². The van der Waals surface area contributed by atoms with Gasteiger partial charge < -0.3 is 15.3 Å². The Morgan fingerprint density at radius 2 is 2.42 bits per heavy atom. The van der Waals surface area contributed by atoms with E-state index in [1.54, 1.807) is 11.3 Å². The van der Waals surface area contributed by atoms with Crippen molar-refractivity contribution < 1.29 is 9.90 Å². The molecule has 1 aliphatic heterocycles. The lowest BCUT2D eigenvalue weighted by molar-refractivity contribution is -0.131. The molecule has 1 atom stereocenters. The Balaban J connectivity index is 1.88. The molecule has 0 aromatic carbocycles. The van der Waals surface area contributed by atoms with Crippen LogP contribution >= 0.6 is 11.3 Å². The molecule has 0 aliphatic carbocycles. The van der Waals surface area contributed by atoms with Crippen molar-refractivity contribution in [1.82, 2.24) is 10.2 Å². The predicted octanol–water partition coefficient (Wildman–Crippen LogP) is 1.38. The molecule has 19 heavy (non-hydrogen) atoms. The largest absolute Gasteiger partial charge is 0.394 e. The summed E-state index contributed by atoms with van der Waals surface area (Å²) in [6.45, 7) is 5.81. The van der Waals surface area contributed by atoms with Gasteiger partial charge in [-0.2, -0.15) is 0 Å². The van der Waals surface area contributed by atoms with E-state index in [0.29, 0.717) is 6.54 Å². The quantitative estimate of drug-likeness (QED) is 0.858. The zero-order valence-corrected chi connectivity index (χ0v) is 12.4. The lowest BCUT2D eigenvalue weighted by Crippen LogP contribution is -2.50. The fourth-order valence-corrected chi connectivity index (χ4v) is 3.04. The maximum Gasteiger partial charge on any atom is 0.236 e. The number of nitrogens with one attached hydrogen (secondary N) is 1. The van der Waals surface area contributed by atoms with Gasteiger partial charge in [-0.3, -0.25) is 4.79 Å². The number of rotatable bonds is 5. The Kier molecular flexibility index (Phi) is 4.60. The average molecular weight is 282 g/mol. The van der Waals surface area contributed by atoms with Crippen LogP contribution in [0, 0.1) is 0 Å². The number of carbonyl (C=O) groups excluding carboxylic acids is 1. The van der Waals surface area contributed by atoms with Gasteiger partial charge in [0.05, 0.1) is 13.2 Å². The number of aliphatic hydroxyl groups is 1. The van der Waals surface area contributed by atoms with Gasteiger partial charge in [-0.1, -0.05) is 6.92 Å². The molecular weight excluding hydrogens is 260 g/mol. The van der Waals surface area contributed by atoms with Gasteiger partial charge in [-0.25, -0.2) is 0 Å². The summed E-state index contributed by atoms with van der Waals surface area (Å²) in [5.41, 5.74) is 0.920. The Morgan fingerprint density at radius 3 is 3.11 bits per heavy atom. The minimum absolute atomic E-state index is 0.0471. The van der Waals surface area contributed by atoms with Gasteiger partial charge in [0.15, 0.2) is 0 Å². The van der Waals surface area contributed by atoms with E-state index < -0.39 is 0 Å². The molecule has 2 heterocycles. The third-order valence-corrected chi connectivity index (χ3v) is 4.98. The van der Waals surface area contributed by atoms with Crippen LogP contribution in [0.2, 0.25) is 0 Å². The summed E-state index contributed by atoms with van der Waals surface area (Å²) in [6.07, 6.45) is 1.76. The Morgan fingerprint density at radius 1 is 1.63 bits per heavy atom. The number of carbonyl (C=O) groups is 1. The van der Waals surface area contributed by atoms with Gasteiger partial charge in [0.1, 0.15) is 0 Å². The maximum atomic E-state index is 12.2. The summed E-state index contributed by atoms with van der Waals surface area (Å²) in [5.74, 6) is 0.116. The van der Waals surface area contributed by atoms with Crippen LogP contribution in [0.3, 0.4) is 0 Å². The zero-order chi connectivity index (χ0) is 13.9. The van der Waals surface area contributed by atoms with Crippen molar-refractivity contribution in [1.29, 1.82) is 0 Å². The van der Waals surface area contributed by atoms with Crippen molar-refractivity contribution in [2.75, 3.05) is 19.7 Å². The van der Waals surface area contributed by atoms with E-state index in [1.165, 1.54) is 10.4 Å². The molecule has 1 aromatic heterocycles. The fourth-order valence-electron chi connectivity index (χ4n) is 2.15. The van der Waals surface area contributed by atoms with Crippen LogP contribution in [0.5, 0.6) is 0 Å². The van der Waals surface area contributed by atoms with Gasteiger partial charge in [0.25, 0.3) is 0 Å². The van der Waals surface area contributed by atoms with E-state index in [0.717, 1.165) is 25.9 Å². The summed E-state index contributed by atoms with van der Waals surface area (Å²) in [7, 11) is 0. The molecule has 0 radical (unpaired) electrons. The second kappa shape index (κ2) is 6.03. The molecule has 1 aliphatic rings. The van der Waals surface area contributed by atoms with E-state index in [2.05, 4.69) is 16.8 Å². The predicted molar refractivity (Wildman–Crippen MR) is 77.2 cm³/mol. The topological polar surface area (TPSA) is 52.6 Å². The summed E-state index contributed by atoms with van der Waals surface area (Å²) < 4.78 is 0. The molecule has 0 bridgehead atoms. The van der Waals surface area contributed by atoms with Crippen LogP contribution in [0.4, 0.5) is 0 Å². The van der Waals surface area contributed by atoms with Gasteiger partial charge in [0, 0.05) is 23.5 Å². The number of hydrogen-bond acceptors (Lipinski definition) is 4. The second-order valence-corrected chi connectivity index (χ2v) is 6.36. The highest BCUT2D eigenvalue weighted by Crippen LogP contribution is 2.23. The number of fused-ring (bicyclic) bond motifs is 1. The van der Waals surface area contributed by atoms with Gasteiger partial charge in [-0.15, -0.1) is 11.3 Å². The SMILES string of the molecule is CCC(C)(CO)NCC(=O)N1CCc2sccc2C1. The molecule has 1 unspecified atom stereocenters. The third-order valence-electron chi connectivity index (χ3n) is 3.96. The number of thiophene rings is 1. The van der Waals surface area contributed by atoms with Crippen molar-refractivity contribution in [3.8, 4) is 0 Å². The first-order chi connectivity index (χ1) is 9.08. The number of hydrogen-bond donors (Lipinski definition) is 2. The number of amides is 1. The molecule has 0 saturated carbocycles. The maximum absolute atomic E-state index is 12.2. The summed E-state index contributed by atoms with van der Waals surface area (Å²) >= 11 is 1.78. The molecule has 0 saturated heterocycles. The normalized spacial score (nSPS) is 17.9. The molecular formula is C14H22N2O2S. The highest BCUT2D eigenvalue weighted by atomic mass is 32.1. The molecule has 2 rings (SSSR count). The Labute approximate surface area is 118 Å². The van der Waals surface area contributed by atoms with E-state index in [9.17, 15) is 9.90 Å². The fraction of sp³-hybridized carbons (Fsp3) is 0.643. The smallest absolute Gasteiger partial charge is 0.236 e. The van der Waals surface area contributed by atoms with Crippen molar-refractivity contribution >= 4 is 17.2 Å². The first-order valence-corrected chi connectivity index (χ1v) is 7.65. The minimum atomic E-state index is -0.362. The minimum Gasteiger partial charge on any atom is -0.394 e. The molecule has 0 spiro atoms. The Hall–Kier alpha value is -0.910. The molecule has 1 aromatic rings. The van der Waals surface area contributed by atoms with Gasteiger partial charge in [0.2, 0.25) is 5.91 Å². The van der Waals surface area contributed by atoms with Crippen molar-refractivity contribution in [3.05, 3.63) is 21.9 Å². The summed E-state index contributed by atoms with van der Waals surface area (Å²) in [4.78, 5) is 15.5. The first kappa shape index (κ1) is 14.5. The van der Waals surface area contributed by atoms with E-state index in [1.807, 2.05) is 18.7 Å². The molecule has 4 nitrogen and oxygen atoms in total. The molecule has 0 fully saturated rings. The van der Waals surface area contributed by atoms with Crippen LogP contribution in [-0.2, 0) is 17.8 Å². The Bertz CT molecular complexity index is 440. The average Bonchev–Trinajstić information content (AvgIpc) is 2.91. The summed E-state index contributed by atoms with van der Waals surface area (Å²) in [6, 6.07) is 2.11. The highest BCUT2D eigenvalue weighted by molar-refractivity contribution is 7.10. The van der Waals surface area contributed by atoms with E-state index in [4.69, 9.17) is 0 Å². The lowest BCUT2D eigenvalue weighted by Gasteiger charge is -2.31. The lowest BCUT2D eigenvalue weighted by atomic mass is 10.0. The van der Waals surface area contributed by atoms with Crippen molar-refractivity contribution in [3.63, 3.8) is 0 Å². The van der Waals surface area contributed by atoms with Crippen LogP contribution in [0.15, 0.2) is 11.4 Å². The monoisotopic (exact) mass is 282 g/mol. The molecule has 106 valence electrons. The van der Waals surface area contributed by atoms with Crippen LogP contribution in [0.25, 0.3) is 0 Å². The molecule has 1 amide bonds. The number of nitrogens with zero attached hydrogens (tertiary/aromatic N) is 1. The molecule has 2 N–H and O–H groups in total. The van der Waals surface area contributed by atoms with Crippen molar-refractivity contribution in [2.24, 2.45) is 0 Å². The summed E-state index contributed by atoms with van der Waals surface area (Å²) in [5, 5.41) is 14.6. The van der Waals surface area contributed by atoms with Gasteiger partial charge >= 0.3 is 0 Å². The number of aliphatic hydroxyl groups excluding tert-OH is 1. The van der Waals surface area contributed by atoms with Crippen LogP contribution < -0.4 is 5.32 Å². The van der Waals surface area contributed by atoms with Crippen LogP contribution in [0.1, 0.15) is 30.7 Å². The van der Waals surface area contributed by atoms with Crippen molar-refractivity contribution in [2.45, 2.75) is 38.8 Å².